The van der Waals surface area contributed by atoms with Crippen LogP contribution in [0.15, 0.2) is 39.4 Å². The molecule has 0 bridgehead atoms. The van der Waals surface area contributed by atoms with Crippen molar-refractivity contribution in [3.63, 3.8) is 0 Å². The highest BCUT2D eigenvalue weighted by molar-refractivity contribution is 6.10. The van der Waals surface area contributed by atoms with E-state index in [1.165, 1.54) is 9.47 Å². The molecule has 0 radical (unpaired) electrons. The number of carbonyl (C=O) groups is 1. The fourth-order valence-electron chi connectivity index (χ4n) is 3.43. The Kier molecular flexibility index (Phi) is 6.44. The van der Waals surface area contributed by atoms with Crippen molar-refractivity contribution in [2.24, 2.45) is 5.92 Å². The summed E-state index contributed by atoms with van der Waals surface area (Å²) in [5, 5.41) is 0. The minimum atomic E-state index is -0.667. The predicted molar refractivity (Wildman–Crippen MR) is 118 cm³/mol. The van der Waals surface area contributed by atoms with Crippen LogP contribution in [0, 0.1) is 5.92 Å². The second-order valence-electron chi connectivity index (χ2n) is 7.80. The minimum absolute atomic E-state index is 0.000342. The van der Waals surface area contributed by atoms with E-state index in [0.717, 1.165) is 12.0 Å². The van der Waals surface area contributed by atoms with Gasteiger partial charge < -0.3 is 15.4 Å². The lowest BCUT2D eigenvalue weighted by Gasteiger charge is -2.27. The lowest BCUT2D eigenvalue weighted by Crippen LogP contribution is -2.43. The average molecular weight is 412 g/mol. The van der Waals surface area contributed by atoms with Gasteiger partial charge in [-0.15, -0.1) is 0 Å². The number of unbranched alkanes of at least 4 members (excludes halogenated alkanes) is 1. The number of nitrogen functional groups attached to an aromatic ring is 1. The number of anilines is 2. The number of hydrogen-bond donors (Lipinski definition) is 2. The van der Waals surface area contributed by atoms with Crippen LogP contribution in [-0.4, -0.2) is 28.6 Å². The summed E-state index contributed by atoms with van der Waals surface area (Å²) >= 11 is 0. The van der Waals surface area contributed by atoms with Crippen molar-refractivity contribution in [3.8, 4) is 5.75 Å². The van der Waals surface area contributed by atoms with E-state index in [9.17, 15) is 14.4 Å². The molecule has 0 fully saturated rings. The first-order chi connectivity index (χ1) is 14.3. The first kappa shape index (κ1) is 21.4. The predicted octanol–water partition coefficient (Wildman–Crippen LogP) is 2.38. The number of benzene rings is 1. The molecule has 3 N–H and O–H groups in total. The molecule has 160 valence electrons. The summed E-state index contributed by atoms with van der Waals surface area (Å²) in [7, 11) is 0. The molecule has 1 aliphatic heterocycles. The van der Waals surface area contributed by atoms with Crippen molar-refractivity contribution in [1.29, 1.82) is 0 Å². The molecule has 2 heterocycles. The standard InChI is InChI=1S/C22H28N4O4/c1-4-5-10-25(18-19(23)26(12-14(2)3)22(29)24-20(18)27)21(28)16-11-15-8-6-7-9-17(15)30-13-16/h6-9,11,14H,4-5,10,12-13,23H2,1-3H3,(H,24,27,29). The highest BCUT2D eigenvalue weighted by Gasteiger charge is 2.28. The van der Waals surface area contributed by atoms with Crippen molar-refractivity contribution in [1.82, 2.24) is 9.55 Å². The number of aromatic amines is 1. The third-order valence-electron chi connectivity index (χ3n) is 4.92. The van der Waals surface area contributed by atoms with Crippen LogP contribution in [-0.2, 0) is 11.3 Å². The third-order valence-corrected chi connectivity index (χ3v) is 4.92. The van der Waals surface area contributed by atoms with E-state index in [2.05, 4.69) is 4.98 Å². The van der Waals surface area contributed by atoms with Crippen LogP contribution in [0.25, 0.3) is 6.08 Å². The molecule has 0 unspecified atom stereocenters. The molecule has 2 aromatic rings. The second kappa shape index (κ2) is 9.02. The maximum Gasteiger partial charge on any atom is 0.330 e. The minimum Gasteiger partial charge on any atom is -0.488 e. The van der Waals surface area contributed by atoms with Gasteiger partial charge in [0, 0.05) is 18.7 Å². The van der Waals surface area contributed by atoms with E-state index in [-0.39, 0.29) is 29.9 Å². The monoisotopic (exact) mass is 412 g/mol. The normalized spacial score (nSPS) is 12.9. The number of nitrogens with two attached hydrogens (primary N) is 1. The molecule has 30 heavy (non-hydrogen) atoms. The highest BCUT2D eigenvalue weighted by Crippen LogP contribution is 2.28. The molecule has 8 nitrogen and oxygen atoms in total. The summed E-state index contributed by atoms with van der Waals surface area (Å²) in [4.78, 5) is 42.1. The van der Waals surface area contributed by atoms with E-state index in [1.807, 2.05) is 45.0 Å². The van der Waals surface area contributed by atoms with Gasteiger partial charge in [-0.2, -0.15) is 0 Å². The number of nitrogens with one attached hydrogen (secondary N) is 1. The summed E-state index contributed by atoms with van der Waals surface area (Å²) < 4.78 is 7.03. The zero-order valence-electron chi connectivity index (χ0n) is 17.6. The first-order valence-corrected chi connectivity index (χ1v) is 10.2. The maximum absolute atomic E-state index is 13.4. The number of amides is 1. The van der Waals surface area contributed by atoms with Crippen LogP contribution in [0.5, 0.6) is 5.75 Å². The van der Waals surface area contributed by atoms with Crippen molar-refractivity contribution in [2.45, 2.75) is 40.2 Å². The molecule has 0 aliphatic carbocycles. The van der Waals surface area contributed by atoms with Crippen LogP contribution in [0.2, 0.25) is 0 Å². The van der Waals surface area contributed by atoms with E-state index in [4.69, 9.17) is 10.5 Å². The van der Waals surface area contributed by atoms with Crippen molar-refractivity contribution in [2.75, 3.05) is 23.8 Å². The van der Waals surface area contributed by atoms with Gasteiger partial charge in [-0.3, -0.25) is 19.1 Å². The van der Waals surface area contributed by atoms with Gasteiger partial charge in [0.05, 0.1) is 5.57 Å². The Morgan fingerprint density at radius 2 is 2.03 bits per heavy atom. The summed E-state index contributed by atoms with van der Waals surface area (Å²) in [6.07, 6.45) is 3.28. The number of hydrogen-bond acceptors (Lipinski definition) is 5. The van der Waals surface area contributed by atoms with Crippen molar-refractivity contribution < 1.29 is 9.53 Å². The Morgan fingerprint density at radius 1 is 1.30 bits per heavy atom. The lowest BCUT2D eigenvalue weighted by atomic mass is 10.1. The zero-order chi connectivity index (χ0) is 21.8. The van der Waals surface area contributed by atoms with Crippen LogP contribution >= 0.6 is 0 Å². The lowest BCUT2D eigenvalue weighted by molar-refractivity contribution is -0.115. The highest BCUT2D eigenvalue weighted by atomic mass is 16.5. The molecular formula is C22H28N4O4. The number of nitrogens with zero attached hydrogens (tertiary/aromatic N) is 2. The third kappa shape index (κ3) is 4.32. The Morgan fingerprint density at radius 3 is 2.73 bits per heavy atom. The van der Waals surface area contributed by atoms with Crippen LogP contribution in [0.1, 0.15) is 39.2 Å². The topological polar surface area (TPSA) is 110 Å². The number of para-hydroxylation sites is 1. The molecule has 1 aromatic heterocycles. The van der Waals surface area contributed by atoms with Crippen molar-refractivity contribution in [3.05, 3.63) is 56.2 Å². The summed E-state index contributed by atoms with van der Waals surface area (Å²) in [6.45, 7) is 6.62. The molecule has 1 aliphatic rings. The second-order valence-corrected chi connectivity index (χ2v) is 7.80. The molecule has 1 amide bonds. The van der Waals surface area contributed by atoms with Gasteiger partial charge in [-0.05, 0) is 24.5 Å². The van der Waals surface area contributed by atoms with Gasteiger partial charge in [0.1, 0.15) is 18.2 Å². The van der Waals surface area contributed by atoms with Gasteiger partial charge in [-0.25, -0.2) is 4.79 Å². The Bertz CT molecular complexity index is 1080. The van der Waals surface area contributed by atoms with Crippen LogP contribution in [0.4, 0.5) is 11.5 Å². The van der Waals surface area contributed by atoms with Gasteiger partial charge >= 0.3 is 5.69 Å². The molecule has 1 aromatic carbocycles. The van der Waals surface area contributed by atoms with Crippen LogP contribution in [0.3, 0.4) is 0 Å². The Hall–Kier alpha value is -3.29. The van der Waals surface area contributed by atoms with Gasteiger partial charge in [0.25, 0.3) is 11.5 Å². The van der Waals surface area contributed by atoms with E-state index in [1.54, 1.807) is 6.08 Å². The Balaban J connectivity index is 2.07. The molecule has 8 heteroatoms. The fourth-order valence-corrected chi connectivity index (χ4v) is 3.43. The maximum atomic E-state index is 13.4. The van der Waals surface area contributed by atoms with E-state index in [0.29, 0.717) is 30.8 Å². The number of carbonyl (C=O) groups excluding carboxylic acids is 1. The molecule has 0 atom stereocenters. The zero-order valence-corrected chi connectivity index (χ0v) is 17.6. The van der Waals surface area contributed by atoms with E-state index >= 15 is 0 Å². The van der Waals surface area contributed by atoms with Gasteiger partial charge in [0.15, 0.2) is 5.69 Å². The van der Waals surface area contributed by atoms with Gasteiger partial charge in [-0.1, -0.05) is 45.4 Å². The fraction of sp³-hybridized carbons (Fsp3) is 0.409. The summed E-state index contributed by atoms with van der Waals surface area (Å²) in [5.41, 5.74) is 6.23. The first-order valence-electron chi connectivity index (χ1n) is 10.2. The number of ether oxygens (including phenoxy) is 1. The van der Waals surface area contributed by atoms with Gasteiger partial charge in [0.2, 0.25) is 0 Å². The summed E-state index contributed by atoms with van der Waals surface area (Å²) in [6, 6.07) is 7.44. The Labute approximate surface area is 175 Å². The summed E-state index contributed by atoms with van der Waals surface area (Å²) in [5.74, 6) is 0.482. The smallest absolute Gasteiger partial charge is 0.330 e. The van der Waals surface area contributed by atoms with Crippen molar-refractivity contribution >= 4 is 23.5 Å². The van der Waals surface area contributed by atoms with Crippen LogP contribution < -0.4 is 26.6 Å². The number of aromatic nitrogens is 2. The number of H-pyrrole nitrogens is 1. The SMILES string of the molecule is CCCCN(C(=O)C1=Cc2ccccc2OC1)c1c(N)n(CC(C)C)c(=O)[nH]c1=O. The molecule has 3 rings (SSSR count). The average Bonchev–Trinajstić information content (AvgIpc) is 2.72. The molecule has 0 saturated carbocycles. The number of fused-ring (bicyclic) bond motifs is 1. The molecule has 0 spiro atoms. The largest absolute Gasteiger partial charge is 0.488 e. The quantitative estimate of drug-likeness (QED) is 0.725. The molecular weight excluding hydrogens is 384 g/mol. The molecule has 0 saturated heterocycles. The van der Waals surface area contributed by atoms with E-state index < -0.39 is 11.2 Å². The number of rotatable bonds is 7.